The van der Waals surface area contributed by atoms with Crippen molar-refractivity contribution in [3.8, 4) is 0 Å². The van der Waals surface area contributed by atoms with Crippen LogP contribution in [0.4, 0.5) is 0 Å². The number of guanidine groups is 1. The molecule has 0 saturated carbocycles. The quantitative estimate of drug-likeness (QED) is 0.194. The summed E-state index contributed by atoms with van der Waals surface area (Å²) in [4.78, 5) is 37.8. The molecule has 1 radical (unpaired) electrons. The highest BCUT2D eigenvalue weighted by molar-refractivity contribution is 5.91. The van der Waals surface area contributed by atoms with Gasteiger partial charge < -0.3 is 27.0 Å². The first kappa shape index (κ1) is 21.9. The zero-order valence-electron chi connectivity index (χ0n) is 15.6. The summed E-state index contributed by atoms with van der Waals surface area (Å²) in [6, 6.07) is -2.02. The zero-order chi connectivity index (χ0) is 19.7. The lowest BCUT2D eigenvalue weighted by Gasteiger charge is -2.28. The number of nitrogens with one attached hydrogen (secondary N) is 3. The standard InChI is InChI=1S/C17H31N6O3/c1-3-11(2)14(18)15(25)22-13(7-4-8-21-17(19)20)16(26)23-9-5-6-12(23)10-24/h11-14H,3-9,18H2,1-2H3,(H,22,25)(H4,19,20,21)/t11-,12-,13-,14-/m0/s1. The van der Waals surface area contributed by atoms with Gasteiger partial charge in [-0.15, -0.1) is 0 Å². The lowest BCUT2D eigenvalue weighted by molar-refractivity contribution is -0.137. The van der Waals surface area contributed by atoms with E-state index in [1.54, 1.807) is 0 Å². The number of hydrogen-bond acceptors (Lipinski definition) is 5. The molecule has 0 aliphatic carbocycles. The maximum Gasteiger partial charge on any atom is 0.245 e. The van der Waals surface area contributed by atoms with E-state index in [0.29, 0.717) is 32.4 Å². The molecule has 0 spiro atoms. The van der Waals surface area contributed by atoms with Crippen LogP contribution in [0.1, 0.15) is 46.0 Å². The number of rotatable bonds is 10. The van der Waals surface area contributed by atoms with E-state index in [2.05, 4.69) is 10.6 Å². The molecular weight excluding hydrogens is 336 g/mol. The van der Waals surface area contributed by atoms with E-state index in [-0.39, 0.29) is 23.7 Å². The largest absolute Gasteiger partial charge is 0.370 e. The molecule has 1 aliphatic heterocycles. The Kier molecular flexibility index (Phi) is 9.04. The second-order valence-corrected chi connectivity index (χ2v) is 6.76. The van der Waals surface area contributed by atoms with Gasteiger partial charge in [0, 0.05) is 13.1 Å². The number of carbonyl (C=O) groups excluding carboxylic acids is 3. The fourth-order valence-corrected chi connectivity index (χ4v) is 2.92. The molecule has 9 heteroatoms. The summed E-state index contributed by atoms with van der Waals surface area (Å²) < 4.78 is 0. The van der Waals surface area contributed by atoms with Gasteiger partial charge in [-0.25, -0.2) is 0 Å². The molecule has 1 aliphatic rings. The topological polar surface area (TPSA) is 154 Å². The van der Waals surface area contributed by atoms with Crippen LogP contribution in [0.15, 0.2) is 0 Å². The van der Waals surface area contributed by atoms with Gasteiger partial charge in [0.05, 0.1) is 12.1 Å². The van der Waals surface area contributed by atoms with Crippen molar-refractivity contribution in [2.45, 2.75) is 64.1 Å². The van der Waals surface area contributed by atoms with Crippen LogP contribution in [0.5, 0.6) is 0 Å². The molecule has 0 aromatic carbocycles. The number of carbonyl (C=O) groups is 2. The van der Waals surface area contributed by atoms with Crippen molar-refractivity contribution in [1.82, 2.24) is 15.5 Å². The number of nitrogens with zero attached hydrogens (tertiary/aromatic N) is 1. The van der Waals surface area contributed by atoms with Crippen LogP contribution in [0.2, 0.25) is 0 Å². The van der Waals surface area contributed by atoms with Gasteiger partial charge in [-0.2, -0.15) is 0 Å². The summed E-state index contributed by atoms with van der Waals surface area (Å²) in [5.74, 6) is -0.815. The first-order valence-corrected chi connectivity index (χ1v) is 9.13. The maximum atomic E-state index is 12.8. The fraction of sp³-hybridized carbons (Fsp3) is 0.765. The molecule has 2 amide bonds. The molecule has 1 rings (SSSR count). The smallest absolute Gasteiger partial charge is 0.245 e. The minimum Gasteiger partial charge on any atom is -0.370 e. The summed E-state index contributed by atoms with van der Waals surface area (Å²) >= 11 is 0. The van der Waals surface area contributed by atoms with Gasteiger partial charge >= 0.3 is 0 Å². The Bertz CT molecular complexity index is 513. The SMILES string of the molecule is CC[C@H](C)[C@H](N)C(=O)N[C@@H](CCCNC(=N)N)C(=O)N1CCC[C@H]1[C]=O. The average molecular weight is 367 g/mol. The average Bonchev–Trinajstić information content (AvgIpc) is 3.10. The van der Waals surface area contributed by atoms with Gasteiger partial charge in [-0.05, 0) is 31.6 Å². The molecular formula is C17H31N6O3. The van der Waals surface area contributed by atoms with Crippen molar-refractivity contribution in [1.29, 1.82) is 5.41 Å². The first-order valence-electron chi connectivity index (χ1n) is 9.13. The number of likely N-dealkylation sites (tertiary alicyclic amines) is 1. The van der Waals surface area contributed by atoms with E-state index in [1.165, 1.54) is 4.90 Å². The monoisotopic (exact) mass is 367 g/mol. The van der Waals surface area contributed by atoms with Crippen LogP contribution in [-0.2, 0) is 14.4 Å². The molecule has 7 N–H and O–H groups in total. The van der Waals surface area contributed by atoms with E-state index in [0.717, 1.165) is 12.8 Å². The third-order valence-electron chi connectivity index (χ3n) is 4.83. The fourth-order valence-electron chi connectivity index (χ4n) is 2.92. The molecule has 147 valence electrons. The molecule has 0 aromatic rings. The highest BCUT2D eigenvalue weighted by Crippen LogP contribution is 2.18. The molecule has 1 heterocycles. The van der Waals surface area contributed by atoms with E-state index < -0.39 is 18.1 Å². The van der Waals surface area contributed by atoms with Crippen LogP contribution >= 0.6 is 0 Å². The molecule has 4 atom stereocenters. The normalized spacial score (nSPS) is 20.1. The minimum atomic E-state index is -0.764. The summed E-state index contributed by atoms with van der Waals surface area (Å²) in [5, 5.41) is 12.6. The van der Waals surface area contributed by atoms with Gasteiger partial charge in [-0.1, -0.05) is 20.3 Å². The highest BCUT2D eigenvalue weighted by atomic mass is 16.2. The lowest BCUT2D eigenvalue weighted by Crippen LogP contribution is -2.55. The molecule has 1 fully saturated rings. The Morgan fingerprint density at radius 2 is 2.12 bits per heavy atom. The van der Waals surface area contributed by atoms with E-state index >= 15 is 0 Å². The maximum absolute atomic E-state index is 12.8. The Morgan fingerprint density at radius 3 is 2.69 bits per heavy atom. The highest BCUT2D eigenvalue weighted by Gasteiger charge is 2.34. The predicted octanol–water partition coefficient (Wildman–Crippen LogP) is -0.791. The van der Waals surface area contributed by atoms with Crippen molar-refractivity contribution in [3.05, 3.63) is 0 Å². The number of amides is 2. The van der Waals surface area contributed by atoms with Crippen LogP contribution in [0.25, 0.3) is 0 Å². The van der Waals surface area contributed by atoms with Crippen molar-refractivity contribution >= 4 is 24.1 Å². The van der Waals surface area contributed by atoms with E-state index in [4.69, 9.17) is 16.9 Å². The van der Waals surface area contributed by atoms with Gasteiger partial charge in [-0.3, -0.25) is 19.8 Å². The second-order valence-electron chi connectivity index (χ2n) is 6.76. The van der Waals surface area contributed by atoms with Crippen molar-refractivity contribution in [2.75, 3.05) is 13.1 Å². The van der Waals surface area contributed by atoms with Crippen LogP contribution in [0.3, 0.4) is 0 Å². The molecule has 1 saturated heterocycles. The van der Waals surface area contributed by atoms with Gasteiger partial charge in [0.1, 0.15) is 6.04 Å². The Balaban J connectivity index is 2.77. The summed E-state index contributed by atoms with van der Waals surface area (Å²) in [5.41, 5.74) is 11.2. The minimum absolute atomic E-state index is 0.00650. The third kappa shape index (κ3) is 6.29. The van der Waals surface area contributed by atoms with Crippen LogP contribution < -0.4 is 22.1 Å². The Hall–Kier alpha value is -2.16. The molecule has 26 heavy (non-hydrogen) atoms. The van der Waals surface area contributed by atoms with Gasteiger partial charge in [0.2, 0.25) is 18.1 Å². The number of hydrogen-bond donors (Lipinski definition) is 5. The molecule has 0 bridgehead atoms. The predicted molar refractivity (Wildman–Crippen MR) is 98.9 cm³/mol. The molecule has 9 nitrogen and oxygen atoms in total. The second kappa shape index (κ2) is 10.7. The van der Waals surface area contributed by atoms with Gasteiger partial charge in [0.25, 0.3) is 0 Å². The first-order chi connectivity index (χ1) is 12.3. The Labute approximate surface area is 154 Å². The number of nitrogens with two attached hydrogens (primary N) is 2. The van der Waals surface area contributed by atoms with Crippen molar-refractivity contribution < 1.29 is 14.4 Å². The Morgan fingerprint density at radius 1 is 1.42 bits per heavy atom. The molecule has 0 aromatic heterocycles. The van der Waals surface area contributed by atoms with E-state index in [1.807, 2.05) is 20.1 Å². The lowest BCUT2D eigenvalue weighted by atomic mass is 9.98. The van der Waals surface area contributed by atoms with Crippen molar-refractivity contribution in [2.24, 2.45) is 17.4 Å². The zero-order valence-corrected chi connectivity index (χ0v) is 15.6. The van der Waals surface area contributed by atoms with Crippen molar-refractivity contribution in [3.63, 3.8) is 0 Å². The summed E-state index contributed by atoms with van der Waals surface area (Å²) in [7, 11) is 0. The van der Waals surface area contributed by atoms with Crippen LogP contribution in [-0.4, -0.2) is 60.2 Å². The molecule has 0 unspecified atom stereocenters. The van der Waals surface area contributed by atoms with Crippen LogP contribution in [0, 0.1) is 11.3 Å². The summed E-state index contributed by atoms with van der Waals surface area (Å²) in [6.07, 6.45) is 4.87. The van der Waals surface area contributed by atoms with Gasteiger partial charge in [0.15, 0.2) is 5.96 Å². The summed E-state index contributed by atoms with van der Waals surface area (Å²) in [6.45, 7) is 4.72. The third-order valence-corrected chi connectivity index (χ3v) is 4.83. The van der Waals surface area contributed by atoms with E-state index in [9.17, 15) is 14.4 Å².